The van der Waals surface area contributed by atoms with Crippen molar-refractivity contribution in [2.45, 2.75) is 33.9 Å². The molecule has 2 nitrogen and oxygen atoms in total. The molecule has 54 heavy (non-hydrogen) atoms. The monoisotopic (exact) mass is 710 g/mol. The molecule has 1 heterocycles. The lowest BCUT2D eigenvalue weighted by Crippen LogP contribution is -2.49. The van der Waals surface area contributed by atoms with Gasteiger partial charge in [0.25, 0.3) is 0 Å². The third kappa shape index (κ3) is 4.99. The number of anilines is 6. The highest BCUT2D eigenvalue weighted by Gasteiger charge is 2.37. The summed E-state index contributed by atoms with van der Waals surface area (Å²) in [5.41, 5.74) is 13.6. The summed E-state index contributed by atoms with van der Waals surface area (Å²) in [5.74, 6) is 0. The highest BCUT2D eigenvalue weighted by atomic mass is 28.3. The van der Waals surface area contributed by atoms with Crippen molar-refractivity contribution in [2.24, 2.45) is 0 Å². The molecule has 0 saturated heterocycles. The molecule has 0 unspecified atom stereocenters. The quantitative estimate of drug-likeness (QED) is 0.125. The van der Waals surface area contributed by atoms with E-state index in [-0.39, 0.29) is 0 Å². The number of hydrogen-bond acceptors (Lipinski definition) is 2. The predicted octanol–water partition coefficient (Wildman–Crippen LogP) is 13.3. The first kappa shape index (κ1) is 32.5. The Morgan fingerprint density at radius 1 is 0.370 bits per heavy atom. The molecule has 9 aromatic rings. The minimum absolute atomic E-state index is 1.15. The number of nitrogens with zero attached hydrogens (tertiary/aromatic N) is 2. The number of aryl methyl sites for hydroxylation is 3. The zero-order valence-electron chi connectivity index (χ0n) is 31.5. The molecule has 1 aliphatic heterocycles. The molecule has 0 fully saturated rings. The van der Waals surface area contributed by atoms with Gasteiger partial charge in [-0.05, 0) is 124 Å². The summed E-state index contributed by atoms with van der Waals surface area (Å²) in [6.45, 7) is 11.5. The maximum atomic E-state index is 2.50. The van der Waals surface area contributed by atoms with Gasteiger partial charge < -0.3 is 9.80 Å². The third-order valence-electron chi connectivity index (χ3n) is 11.8. The van der Waals surface area contributed by atoms with Gasteiger partial charge in [-0.2, -0.15) is 0 Å². The third-order valence-corrected chi connectivity index (χ3v) is 15.3. The molecule has 0 atom stereocenters. The fraction of sp³-hybridized carbons (Fsp3) is 0.0980. The van der Waals surface area contributed by atoms with E-state index in [1.807, 2.05) is 0 Å². The van der Waals surface area contributed by atoms with E-state index < -0.39 is 8.07 Å². The lowest BCUT2D eigenvalue weighted by atomic mass is 9.91. The normalized spacial score (nSPS) is 13.1. The largest absolute Gasteiger partial charge is 0.310 e. The number of fused-ring (bicyclic) bond motifs is 3. The molecule has 0 amide bonds. The Morgan fingerprint density at radius 3 is 1.28 bits per heavy atom. The van der Waals surface area contributed by atoms with Crippen LogP contribution in [-0.2, 0) is 0 Å². The Bertz CT molecular complexity index is 2820. The maximum Gasteiger partial charge on any atom is 0.113 e. The molecule has 0 aromatic heterocycles. The van der Waals surface area contributed by atoms with Crippen LogP contribution in [0.2, 0.25) is 13.1 Å². The molecule has 9 aromatic carbocycles. The van der Waals surface area contributed by atoms with E-state index in [1.165, 1.54) is 87.6 Å². The SMILES string of the molecule is Cc1ccc(N(c2ccc(C)cc2)c2ccc3ccc4c(N(c5ccc(C)cc5)c5ccc6c(c5)[Si](C)(C)c5ccccc5-6)ccc5ccc2c3c54)cc1. The van der Waals surface area contributed by atoms with Crippen molar-refractivity contribution in [2.75, 3.05) is 9.80 Å². The van der Waals surface area contributed by atoms with E-state index in [1.54, 1.807) is 0 Å². The fourth-order valence-corrected chi connectivity index (χ4v) is 12.0. The summed E-state index contributed by atoms with van der Waals surface area (Å²) in [4.78, 5) is 4.91. The van der Waals surface area contributed by atoms with E-state index in [2.05, 4.69) is 207 Å². The van der Waals surface area contributed by atoms with Crippen LogP contribution in [0.4, 0.5) is 34.1 Å². The first-order chi connectivity index (χ1) is 26.3. The lowest BCUT2D eigenvalue weighted by molar-refractivity contribution is 1.28. The number of hydrogen-bond donors (Lipinski definition) is 0. The molecular formula is C51H42N2Si. The highest BCUT2D eigenvalue weighted by Crippen LogP contribution is 2.48. The smallest absolute Gasteiger partial charge is 0.113 e. The van der Waals surface area contributed by atoms with Crippen LogP contribution in [0.5, 0.6) is 0 Å². The molecule has 260 valence electrons. The lowest BCUT2D eigenvalue weighted by Gasteiger charge is -2.30. The first-order valence-electron chi connectivity index (χ1n) is 19.0. The van der Waals surface area contributed by atoms with Gasteiger partial charge in [0.1, 0.15) is 8.07 Å². The molecule has 1 aliphatic rings. The van der Waals surface area contributed by atoms with Gasteiger partial charge in [0, 0.05) is 33.5 Å². The standard InChI is InChI=1S/C51H42N2Si/c1-33-10-20-38(21-11-33)52(39-22-12-34(2)13-23-39)46-30-18-36-17-28-45-47(31-19-37-16-27-44(46)50(36)51(37)45)53(40-24-14-35(3)15-25-40)41-26-29-43-42-8-6-7-9-48(42)54(4,5)49(43)32-41/h6-32H,1-5H3. The van der Waals surface area contributed by atoms with Gasteiger partial charge in [-0.1, -0.05) is 133 Å². The Kier molecular flexibility index (Phi) is 7.33. The van der Waals surface area contributed by atoms with Gasteiger partial charge in [0.05, 0.1) is 11.4 Å². The molecular weight excluding hydrogens is 669 g/mol. The molecule has 0 spiro atoms. The summed E-state index contributed by atoms with van der Waals surface area (Å²) in [6, 6.07) is 61.6. The summed E-state index contributed by atoms with van der Waals surface area (Å²) in [5, 5.41) is 10.6. The average Bonchev–Trinajstić information content (AvgIpc) is 3.42. The van der Waals surface area contributed by atoms with Crippen molar-refractivity contribution in [1.29, 1.82) is 0 Å². The molecule has 10 rings (SSSR count). The molecule has 0 aliphatic carbocycles. The zero-order chi connectivity index (χ0) is 36.7. The second kappa shape index (κ2) is 12.2. The first-order valence-corrected chi connectivity index (χ1v) is 22.0. The Hall–Kier alpha value is -6.16. The Balaban J connectivity index is 1.21. The summed E-state index contributed by atoms with van der Waals surface area (Å²) >= 11 is 0. The van der Waals surface area contributed by atoms with Crippen LogP contribution in [0.3, 0.4) is 0 Å². The van der Waals surface area contributed by atoms with Crippen LogP contribution >= 0.6 is 0 Å². The van der Waals surface area contributed by atoms with E-state index in [0.29, 0.717) is 0 Å². The van der Waals surface area contributed by atoms with Crippen LogP contribution < -0.4 is 20.2 Å². The van der Waals surface area contributed by atoms with Crippen molar-refractivity contribution in [3.05, 3.63) is 180 Å². The van der Waals surface area contributed by atoms with Gasteiger partial charge in [0.15, 0.2) is 0 Å². The summed E-state index contributed by atoms with van der Waals surface area (Å²) in [7, 11) is -1.89. The maximum absolute atomic E-state index is 2.50. The fourth-order valence-electron chi connectivity index (χ4n) is 8.93. The van der Waals surface area contributed by atoms with E-state index >= 15 is 0 Å². The minimum Gasteiger partial charge on any atom is -0.310 e. The van der Waals surface area contributed by atoms with E-state index in [0.717, 1.165) is 17.1 Å². The van der Waals surface area contributed by atoms with Crippen LogP contribution in [0.25, 0.3) is 43.4 Å². The molecule has 0 bridgehead atoms. The van der Waals surface area contributed by atoms with Crippen molar-refractivity contribution >= 4 is 84.9 Å². The van der Waals surface area contributed by atoms with Crippen molar-refractivity contribution < 1.29 is 0 Å². The van der Waals surface area contributed by atoms with Crippen LogP contribution in [0.1, 0.15) is 16.7 Å². The number of rotatable bonds is 6. The predicted molar refractivity (Wildman–Crippen MR) is 236 cm³/mol. The second-order valence-electron chi connectivity index (χ2n) is 15.7. The van der Waals surface area contributed by atoms with Crippen molar-refractivity contribution in [3.63, 3.8) is 0 Å². The van der Waals surface area contributed by atoms with Gasteiger partial charge in [-0.3, -0.25) is 0 Å². The molecule has 3 heteroatoms. The van der Waals surface area contributed by atoms with Crippen LogP contribution in [0.15, 0.2) is 164 Å². The van der Waals surface area contributed by atoms with Crippen LogP contribution in [0, 0.1) is 20.8 Å². The van der Waals surface area contributed by atoms with Crippen molar-refractivity contribution in [3.8, 4) is 11.1 Å². The van der Waals surface area contributed by atoms with Crippen molar-refractivity contribution in [1.82, 2.24) is 0 Å². The van der Waals surface area contributed by atoms with E-state index in [4.69, 9.17) is 0 Å². The molecule has 0 N–H and O–H groups in total. The minimum atomic E-state index is -1.89. The summed E-state index contributed by atoms with van der Waals surface area (Å²) < 4.78 is 0. The average molecular weight is 711 g/mol. The number of benzene rings is 9. The highest BCUT2D eigenvalue weighted by molar-refractivity contribution is 7.03. The second-order valence-corrected chi connectivity index (χ2v) is 20.0. The topological polar surface area (TPSA) is 6.48 Å². The van der Waals surface area contributed by atoms with Gasteiger partial charge in [-0.15, -0.1) is 0 Å². The van der Waals surface area contributed by atoms with E-state index in [9.17, 15) is 0 Å². The molecule has 0 radical (unpaired) electrons. The molecule has 0 saturated carbocycles. The van der Waals surface area contributed by atoms with Gasteiger partial charge in [0.2, 0.25) is 0 Å². The zero-order valence-corrected chi connectivity index (χ0v) is 32.5. The van der Waals surface area contributed by atoms with Gasteiger partial charge >= 0.3 is 0 Å². The Labute approximate surface area is 318 Å². The summed E-state index contributed by atoms with van der Waals surface area (Å²) in [6.07, 6.45) is 0. The Morgan fingerprint density at radius 2 is 0.778 bits per heavy atom. The van der Waals surface area contributed by atoms with Crippen LogP contribution in [-0.4, -0.2) is 8.07 Å². The van der Waals surface area contributed by atoms with Gasteiger partial charge in [-0.25, -0.2) is 0 Å².